The largest absolute Gasteiger partial charge is 0.310 e. The molecule has 4 heteroatoms. The smallest absolute Gasteiger partial charge is 0.253 e. The van der Waals surface area contributed by atoms with Crippen LogP contribution in [-0.4, -0.2) is 20.4 Å². The molecular formula is C62H48BN3. The molecule has 9 aromatic carbocycles. The van der Waals surface area contributed by atoms with Crippen LogP contribution in [0.25, 0.3) is 105 Å². The molecule has 14 rings (SSSR count). The molecule has 3 nitrogen and oxygen atoms in total. The molecular weight excluding hydrogens is 798 g/mol. The van der Waals surface area contributed by atoms with Gasteiger partial charge in [-0.3, -0.25) is 0 Å². The summed E-state index contributed by atoms with van der Waals surface area (Å²) >= 11 is 0. The van der Waals surface area contributed by atoms with Gasteiger partial charge < -0.3 is 13.7 Å². The summed E-state index contributed by atoms with van der Waals surface area (Å²) in [4.78, 5) is 0. The number of fused-ring (bicyclic) bond motifs is 12. The predicted octanol–water partition coefficient (Wildman–Crippen LogP) is 14.0. The third-order valence-corrected chi connectivity index (χ3v) is 15.1. The maximum atomic E-state index is 2.63. The van der Waals surface area contributed by atoms with E-state index in [9.17, 15) is 0 Å². The fourth-order valence-corrected chi connectivity index (χ4v) is 12.1. The molecule has 0 spiro atoms. The first kappa shape index (κ1) is 37.8. The molecule has 0 saturated carbocycles. The molecule has 66 heavy (non-hydrogen) atoms. The van der Waals surface area contributed by atoms with Crippen molar-refractivity contribution in [2.24, 2.45) is 0 Å². The lowest BCUT2D eigenvalue weighted by Gasteiger charge is -2.34. The van der Waals surface area contributed by atoms with E-state index in [1.165, 1.54) is 132 Å². The minimum atomic E-state index is -0.00496. The van der Waals surface area contributed by atoms with E-state index in [1.807, 2.05) is 0 Å². The Kier molecular flexibility index (Phi) is 7.47. The summed E-state index contributed by atoms with van der Waals surface area (Å²) in [5.41, 5.74) is 21.8. The average Bonchev–Trinajstić information content (AvgIpc) is 3.98. The molecule has 314 valence electrons. The first-order chi connectivity index (χ1) is 32.1. The second-order valence-electron chi connectivity index (χ2n) is 20.9. The molecule has 2 aliphatic heterocycles. The van der Waals surface area contributed by atoms with E-state index in [2.05, 4.69) is 237 Å². The van der Waals surface area contributed by atoms with Crippen molar-refractivity contribution in [1.82, 2.24) is 13.7 Å². The number of hydrogen-bond donors (Lipinski definition) is 0. The summed E-state index contributed by atoms with van der Waals surface area (Å²) < 4.78 is 7.81. The first-order valence-electron chi connectivity index (χ1n) is 23.6. The van der Waals surface area contributed by atoms with Gasteiger partial charge in [0.05, 0.1) is 39.0 Å². The molecule has 0 fully saturated rings. The van der Waals surface area contributed by atoms with E-state index < -0.39 is 0 Å². The minimum absolute atomic E-state index is 0.00496. The fraction of sp³-hybridized carbons (Fsp3) is 0.129. The monoisotopic (exact) mass is 845 g/mol. The van der Waals surface area contributed by atoms with Gasteiger partial charge in [0.15, 0.2) is 0 Å². The zero-order chi connectivity index (χ0) is 44.4. The van der Waals surface area contributed by atoms with Crippen LogP contribution in [0.1, 0.15) is 52.7 Å². The highest BCUT2D eigenvalue weighted by Crippen LogP contribution is 2.47. The molecule has 12 aromatic rings. The van der Waals surface area contributed by atoms with Crippen molar-refractivity contribution in [3.63, 3.8) is 0 Å². The van der Waals surface area contributed by atoms with E-state index in [-0.39, 0.29) is 17.5 Å². The van der Waals surface area contributed by atoms with Gasteiger partial charge in [0.25, 0.3) is 6.71 Å². The molecule has 2 aliphatic rings. The highest BCUT2D eigenvalue weighted by atomic mass is 15.1. The van der Waals surface area contributed by atoms with E-state index in [1.54, 1.807) is 0 Å². The second-order valence-corrected chi connectivity index (χ2v) is 20.9. The van der Waals surface area contributed by atoms with Crippen molar-refractivity contribution in [2.75, 3.05) is 0 Å². The van der Waals surface area contributed by atoms with Crippen LogP contribution in [0.4, 0.5) is 0 Å². The zero-order valence-corrected chi connectivity index (χ0v) is 38.2. The van der Waals surface area contributed by atoms with Crippen molar-refractivity contribution < 1.29 is 0 Å². The van der Waals surface area contributed by atoms with Gasteiger partial charge in [0, 0.05) is 43.9 Å². The van der Waals surface area contributed by atoms with Gasteiger partial charge >= 0.3 is 0 Å². The normalized spacial score (nSPS) is 13.3. The van der Waals surface area contributed by atoms with Gasteiger partial charge in [-0.2, -0.15) is 0 Å². The van der Waals surface area contributed by atoms with Gasteiger partial charge in [0.2, 0.25) is 0 Å². The number of hydrogen-bond acceptors (Lipinski definition) is 0. The quantitative estimate of drug-likeness (QED) is 0.157. The molecule has 0 radical (unpaired) electrons. The van der Waals surface area contributed by atoms with Crippen LogP contribution in [0.15, 0.2) is 182 Å². The van der Waals surface area contributed by atoms with Crippen molar-refractivity contribution in [3.05, 3.63) is 193 Å². The van der Waals surface area contributed by atoms with E-state index in [4.69, 9.17) is 0 Å². The number of rotatable bonds is 3. The summed E-state index contributed by atoms with van der Waals surface area (Å²) in [6.45, 7) is 13.9. The molecule has 0 unspecified atom stereocenters. The number of benzene rings is 9. The van der Waals surface area contributed by atoms with Crippen molar-refractivity contribution >= 4 is 88.4 Å². The van der Waals surface area contributed by atoms with Crippen molar-refractivity contribution in [1.29, 1.82) is 0 Å². The topological polar surface area (TPSA) is 14.8 Å². The maximum absolute atomic E-state index is 2.63. The number of para-hydroxylation sites is 1. The van der Waals surface area contributed by atoms with Crippen LogP contribution in [0.2, 0.25) is 0 Å². The Morgan fingerprint density at radius 1 is 0.379 bits per heavy atom. The standard InChI is InChI=1S/C62H48BN3/c1-61(2,3)40-28-31-49-44(35-40)45-36-41(62(4,5)6)29-32-50(45)64(49)51-33-30-47-60-55(51)43-24-15-16-25-48(43)65(60)52-26-17-27-53-57(52)63(47)56-42-23-14-13-22-39(42)34-46-54(37-18-9-7-10-19-37)58(66(53)59(46)56)38-20-11-8-12-21-38/h7-36H,1-6H3. The minimum Gasteiger partial charge on any atom is -0.310 e. The van der Waals surface area contributed by atoms with Crippen LogP contribution in [-0.2, 0) is 10.8 Å². The van der Waals surface area contributed by atoms with Gasteiger partial charge in [-0.15, -0.1) is 0 Å². The molecule has 0 atom stereocenters. The van der Waals surface area contributed by atoms with Crippen LogP contribution in [0.5, 0.6) is 0 Å². The molecule has 5 heterocycles. The Balaban J connectivity index is 1.15. The molecule has 0 aliphatic carbocycles. The zero-order valence-electron chi connectivity index (χ0n) is 38.2. The Bertz CT molecular complexity index is 3980. The summed E-state index contributed by atoms with van der Waals surface area (Å²) in [5.74, 6) is 0. The summed E-state index contributed by atoms with van der Waals surface area (Å²) in [6.07, 6.45) is 0. The second kappa shape index (κ2) is 13.0. The Labute approximate surface area is 385 Å². The molecule has 3 aromatic heterocycles. The number of aromatic nitrogens is 3. The average molecular weight is 846 g/mol. The third kappa shape index (κ3) is 4.94. The maximum Gasteiger partial charge on any atom is 0.253 e. The van der Waals surface area contributed by atoms with Crippen molar-refractivity contribution in [3.8, 4) is 39.4 Å². The number of nitrogens with zero attached hydrogens (tertiary/aromatic N) is 3. The van der Waals surface area contributed by atoms with Gasteiger partial charge in [-0.25, -0.2) is 0 Å². The van der Waals surface area contributed by atoms with Crippen molar-refractivity contribution in [2.45, 2.75) is 52.4 Å². The summed E-state index contributed by atoms with van der Waals surface area (Å²) in [7, 11) is 0. The van der Waals surface area contributed by atoms with Gasteiger partial charge in [0.1, 0.15) is 0 Å². The molecule has 0 saturated heterocycles. The van der Waals surface area contributed by atoms with Crippen LogP contribution in [0, 0.1) is 0 Å². The van der Waals surface area contributed by atoms with Crippen LogP contribution in [0.3, 0.4) is 0 Å². The molecule has 0 N–H and O–H groups in total. The van der Waals surface area contributed by atoms with E-state index >= 15 is 0 Å². The van der Waals surface area contributed by atoms with Gasteiger partial charge in [-0.05, 0) is 115 Å². The predicted molar refractivity (Wildman–Crippen MR) is 282 cm³/mol. The summed E-state index contributed by atoms with van der Waals surface area (Å²) in [6, 6.07) is 69.2. The Morgan fingerprint density at radius 2 is 0.955 bits per heavy atom. The van der Waals surface area contributed by atoms with Crippen LogP contribution >= 0.6 is 0 Å². The highest BCUT2D eigenvalue weighted by Gasteiger charge is 2.43. The molecule has 0 amide bonds. The molecule has 0 bridgehead atoms. The Morgan fingerprint density at radius 3 is 1.62 bits per heavy atom. The Hall–Kier alpha value is -7.56. The lowest BCUT2D eigenvalue weighted by Crippen LogP contribution is -2.59. The third-order valence-electron chi connectivity index (χ3n) is 15.1. The summed E-state index contributed by atoms with van der Waals surface area (Å²) in [5, 5.41) is 9.04. The lowest BCUT2D eigenvalue weighted by molar-refractivity contribution is 0.590. The highest BCUT2D eigenvalue weighted by molar-refractivity contribution is 7.01. The van der Waals surface area contributed by atoms with Gasteiger partial charge in [-0.1, -0.05) is 169 Å². The van der Waals surface area contributed by atoms with Crippen LogP contribution < -0.4 is 16.4 Å². The van der Waals surface area contributed by atoms with E-state index in [0.29, 0.717) is 0 Å². The first-order valence-corrected chi connectivity index (χ1v) is 23.6. The van der Waals surface area contributed by atoms with E-state index in [0.717, 1.165) is 0 Å². The fourth-order valence-electron chi connectivity index (χ4n) is 12.1. The SMILES string of the molecule is CC(C)(C)c1ccc2c(c1)c1cc(C(C)(C)C)ccc1n2-c1ccc2c3c1c1ccccc1n3-c1cccc3c1B2c1c2ccccc2cc2c(-c4ccccc4)c(-c4ccccc4)n-3c12. The lowest BCUT2D eigenvalue weighted by atomic mass is 9.33.